The number of piperidine rings is 2. The Balaban J connectivity index is 1.37. The smallest absolute Gasteiger partial charge is 0.259 e. The van der Waals surface area contributed by atoms with Crippen molar-refractivity contribution in [2.75, 3.05) is 26.2 Å². The second-order valence-electron chi connectivity index (χ2n) is 8.55. The minimum absolute atomic E-state index is 0.179. The summed E-state index contributed by atoms with van der Waals surface area (Å²) in [5, 5.41) is 2.03. The Kier molecular flexibility index (Phi) is 4.63. The van der Waals surface area contributed by atoms with Crippen molar-refractivity contribution in [1.82, 2.24) is 14.4 Å². The third-order valence-electron chi connectivity index (χ3n) is 6.85. The number of thiophene rings is 1. The Morgan fingerprint density at radius 2 is 1.93 bits per heavy atom. The molecule has 0 spiro atoms. The lowest BCUT2D eigenvalue weighted by Crippen LogP contribution is -2.53. The van der Waals surface area contributed by atoms with Gasteiger partial charge in [0.25, 0.3) is 5.56 Å². The van der Waals surface area contributed by atoms with Crippen molar-refractivity contribution in [3.8, 4) is 10.4 Å². The minimum atomic E-state index is 0.179. The Bertz CT molecular complexity index is 928. The van der Waals surface area contributed by atoms with Crippen molar-refractivity contribution >= 4 is 17.2 Å². The Morgan fingerprint density at radius 3 is 2.64 bits per heavy atom. The van der Waals surface area contributed by atoms with E-state index in [0.717, 1.165) is 56.0 Å². The van der Waals surface area contributed by atoms with Crippen molar-refractivity contribution in [3.05, 3.63) is 45.7 Å². The molecule has 2 bridgehead atoms. The van der Waals surface area contributed by atoms with Gasteiger partial charge in [-0.2, -0.15) is 0 Å². The Morgan fingerprint density at radius 1 is 1.11 bits per heavy atom. The molecule has 3 aliphatic heterocycles. The first-order valence-electron chi connectivity index (χ1n) is 10.4. The zero-order valence-electron chi connectivity index (χ0n) is 16.3. The maximum atomic E-state index is 13.1. The van der Waals surface area contributed by atoms with Gasteiger partial charge < -0.3 is 9.47 Å². The number of pyridine rings is 1. The van der Waals surface area contributed by atoms with Crippen LogP contribution in [0.2, 0.25) is 0 Å². The lowest BCUT2D eigenvalue weighted by atomic mass is 9.81. The first-order chi connectivity index (χ1) is 13.6. The van der Waals surface area contributed by atoms with E-state index in [1.807, 2.05) is 28.5 Å². The van der Waals surface area contributed by atoms with Crippen LogP contribution in [0, 0.1) is 5.92 Å². The van der Waals surface area contributed by atoms with E-state index in [-0.39, 0.29) is 11.5 Å². The number of aromatic nitrogens is 1. The van der Waals surface area contributed by atoms with E-state index in [4.69, 9.17) is 0 Å². The van der Waals surface area contributed by atoms with Gasteiger partial charge in [-0.05, 0) is 48.8 Å². The van der Waals surface area contributed by atoms with E-state index in [0.29, 0.717) is 17.9 Å². The molecule has 0 aliphatic carbocycles. The summed E-state index contributed by atoms with van der Waals surface area (Å²) in [7, 11) is 0. The second-order valence-corrected chi connectivity index (χ2v) is 9.50. The number of likely N-dealkylation sites (tertiary alicyclic amines) is 2. The predicted molar refractivity (Wildman–Crippen MR) is 112 cm³/mol. The zero-order chi connectivity index (χ0) is 19.3. The Labute approximate surface area is 169 Å². The molecule has 28 heavy (non-hydrogen) atoms. The normalized spacial score (nSPS) is 25.5. The van der Waals surface area contributed by atoms with Gasteiger partial charge in [-0.3, -0.25) is 14.5 Å². The maximum Gasteiger partial charge on any atom is 0.259 e. The SMILES string of the molecule is CC(=O)N1CCC(N2C[C@@H]3C[C@H](C2)c2ccc(-c4cccs4)c(=O)n2C3)CC1. The van der Waals surface area contributed by atoms with Gasteiger partial charge in [-0.15, -0.1) is 11.3 Å². The van der Waals surface area contributed by atoms with Crippen LogP contribution in [-0.4, -0.2) is 52.5 Å². The number of nitrogens with zero attached hydrogens (tertiary/aromatic N) is 3. The summed E-state index contributed by atoms with van der Waals surface area (Å²) in [6, 6.07) is 8.84. The maximum absolute atomic E-state index is 13.1. The number of hydrogen-bond donors (Lipinski definition) is 0. The van der Waals surface area contributed by atoms with Gasteiger partial charge in [0, 0.05) is 62.2 Å². The third kappa shape index (κ3) is 3.12. The van der Waals surface area contributed by atoms with Crippen LogP contribution in [0.1, 0.15) is 37.8 Å². The highest BCUT2D eigenvalue weighted by Gasteiger charge is 2.38. The highest BCUT2D eigenvalue weighted by Crippen LogP contribution is 2.37. The van der Waals surface area contributed by atoms with Gasteiger partial charge in [0.2, 0.25) is 5.91 Å². The molecule has 5 nitrogen and oxygen atoms in total. The van der Waals surface area contributed by atoms with Crippen LogP contribution in [0.3, 0.4) is 0 Å². The third-order valence-corrected chi connectivity index (χ3v) is 7.75. The summed E-state index contributed by atoms with van der Waals surface area (Å²) < 4.78 is 2.06. The van der Waals surface area contributed by atoms with Crippen LogP contribution in [0.5, 0.6) is 0 Å². The molecule has 0 N–H and O–H groups in total. The largest absolute Gasteiger partial charge is 0.343 e. The first kappa shape index (κ1) is 18.1. The lowest BCUT2D eigenvalue weighted by molar-refractivity contribution is -0.130. The van der Waals surface area contributed by atoms with Crippen molar-refractivity contribution in [2.45, 2.75) is 44.7 Å². The minimum Gasteiger partial charge on any atom is -0.343 e. The second kappa shape index (κ2) is 7.16. The van der Waals surface area contributed by atoms with Gasteiger partial charge in [-0.25, -0.2) is 0 Å². The summed E-state index contributed by atoms with van der Waals surface area (Å²) in [5.41, 5.74) is 2.23. The average molecular weight is 398 g/mol. The summed E-state index contributed by atoms with van der Waals surface area (Å²) in [6.45, 7) is 6.39. The number of rotatable bonds is 2. The zero-order valence-corrected chi connectivity index (χ0v) is 17.2. The molecule has 2 saturated heterocycles. The summed E-state index contributed by atoms with van der Waals surface area (Å²) >= 11 is 1.63. The molecule has 2 aromatic heterocycles. The van der Waals surface area contributed by atoms with Crippen LogP contribution in [0.25, 0.3) is 10.4 Å². The van der Waals surface area contributed by atoms with Crippen LogP contribution in [-0.2, 0) is 11.3 Å². The quantitative estimate of drug-likeness (QED) is 0.783. The monoisotopic (exact) mass is 397 g/mol. The molecule has 0 unspecified atom stereocenters. The Hall–Kier alpha value is -1.92. The van der Waals surface area contributed by atoms with Crippen molar-refractivity contribution in [2.24, 2.45) is 5.92 Å². The van der Waals surface area contributed by atoms with Gasteiger partial charge >= 0.3 is 0 Å². The topological polar surface area (TPSA) is 45.6 Å². The fourth-order valence-corrected chi connectivity index (χ4v) is 6.19. The van der Waals surface area contributed by atoms with Crippen molar-refractivity contribution < 1.29 is 4.79 Å². The van der Waals surface area contributed by atoms with Crippen LogP contribution >= 0.6 is 11.3 Å². The number of amides is 1. The molecule has 6 heteroatoms. The summed E-state index contributed by atoms with van der Waals surface area (Å²) in [4.78, 5) is 30.4. The first-order valence-corrected chi connectivity index (χ1v) is 11.3. The van der Waals surface area contributed by atoms with E-state index in [2.05, 4.69) is 15.5 Å². The van der Waals surface area contributed by atoms with E-state index >= 15 is 0 Å². The van der Waals surface area contributed by atoms with E-state index in [1.165, 1.54) is 12.1 Å². The molecule has 3 aliphatic rings. The molecular weight excluding hydrogens is 370 g/mol. The van der Waals surface area contributed by atoms with Crippen LogP contribution in [0.15, 0.2) is 34.4 Å². The average Bonchev–Trinajstić information content (AvgIpc) is 3.23. The van der Waals surface area contributed by atoms with Crippen molar-refractivity contribution in [3.63, 3.8) is 0 Å². The molecule has 2 aromatic rings. The molecule has 2 fully saturated rings. The number of carbonyl (C=O) groups excluding carboxylic acids is 1. The summed E-state index contributed by atoms with van der Waals surface area (Å²) in [6.07, 6.45) is 3.34. The molecular formula is C22H27N3O2S. The van der Waals surface area contributed by atoms with Crippen LogP contribution < -0.4 is 5.56 Å². The number of carbonyl (C=O) groups is 1. The molecule has 2 atom stereocenters. The fourth-order valence-electron chi connectivity index (χ4n) is 5.45. The van der Waals surface area contributed by atoms with Crippen molar-refractivity contribution in [1.29, 1.82) is 0 Å². The molecule has 148 valence electrons. The molecule has 0 aromatic carbocycles. The molecule has 5 rings (SSSR count). The van der Waals surface area contributed by atoms with Gasteiger partial charge in [0.1, 0.15) is 0 Å². The number of hydrogen-bond acceptors (Lipinski definition) is 4. The summed E-state index contributed by atoms with van der Waals surface area (Å²) in [5.74, 6) is 1.20. The standard InChI is InChI=1S/C22H27N3O2S/c1-15(26)23-8-6-18(7-9-23)24-12-16-11-17(14-24)20-5-4-19(21-3-2-10-28-21)22(27)25(20)13-16/h2-5,10,16-18H,6-9,11-14H2,1H3/t16-,17+/m0/s1. The highest BCUT2D eigenvalue weighted by atomic mass is 32.1. The number of fused-ring (bicyclic) bond motifs is 4. The lowest BCUT2D eigenvalue weighted by Gasteiger charge is -2.47. The highest BCUT2D eigenvalue weighted by molar-refractivity contribution is 7.13. The molecule has 0 radical (unpaired) electrons. The van der Waals surface area contributed by atoms with E-state index in [1.54, 1.807) is 18.3 Å². The predicted octanol–water partition coefficient (Wildman–Crippen LogP) is 3.01. The van der Waals surface area contributed by atoms with Gasteiger partial charge in [0.15, 0.2) is 0 Å². The molecule has 0 saturated carbocycles. The molecule has 5 heterocycles. The fraction of sp³-hybridized carbons (Fsp3) is 0.545. The van der Waals surface area contributed by atoms with E-state index < -0.39 is 0 Å². The molecule has 1 amide bonds. The van der Waals surface area contributed by atoms with Crippen LogP contribution in [0.4, 0.5) is 0 Å². The van der Waals surface area contributed by atoms with Gasteiger partial charge in [-0.1, -0.05) is 6.07 Å². The van der Waals surface area contributed by atoms with Gasteiger partial charge in [0.05, 0.1) is 5.56 Å². The van der Waals surface area contributed by atoms with E-state index in [9.17, 15) is 9.59 Å².